The molecule has 0 atom stereocenters. The van der Waals surface area contributed by atoms with E-state index in [1.807, 2.05) is 10.7 Å². The van der Waals surface area contributed by atoms with Crippen LogP contribution in [0.2, 0.25) is 0 Å². The molecule has 0 radical (unpaired) electrons. The molecule has 0 saturated heterocycles. The van der Waals surface area contributed by atoms with Crippen molar-refractivity contribution in [1.82, 2.24) is 9.78 Å². The largest absolute Gasteiger partial charge is 0.490 e. The van der Waals surface area contributed by atoms with Crippen molar-refractivity contribution in [2.24, 2.45) is 5.92 Å². The average molecular weight is 404 g/mol. The van der Waals surface area contributed by atoms with Crippen molar-refractivity contribution in [3.8, 4) is 5.88 Å². The fraction of sp³-hybridized carbons (Fsp3) is 0.474. The van der Waals surface area contributed by atoms with E-state index in [1.54, 1.807) is 12.1 Å². The van der Waals surface area contributed by atoms with Crippen molar-refractivity contribution >= 4 is 5.97 Å². The molecular formula is C19H24F4N2O3. The minimum Gasteiger partial charge on any atom is -0.475 e. The molecule has 5 nitrogen and oxygen atoms in total. The Kier molecular flexibility index (Phi) is 8.94. The van der Waals surface area contributed by atoms with Crippen LogP contribution in [0.25, 0.3) is 0 Å². The van der Waals surface area contributed by atoms with Crippen LogP contribution < -0.4 is 4.74 Å². The Balaban J connectivity index is 0.000000480. The summed E-state index contributed by atoms with van der Waals surface area (Å²) >= 11 is 0. The fourth-order valence-electron chi connectivity index (χ4n) is 2.16. The third kappa shape index (κ3) is 8.41. The molecule has 1 aromatic carbocycles. The molecule has 9 heteroatoms. The molecule has 28 heavy (non-hydrogen) atoms. The van der Waals surface area contributed by atoms with Crippen LogP contribution in [0.5, 0.6) is 5.88 Å². The standard InChI is InChI=1S/C17H23FN2O.C2HF3O2/c1-4-5-16-10-17(20(19-16)11-13(2)3)21-12-14-6-8-15(18)9-7-14;3-2(4,5)1(6)7/h6-10,13H,4-5,11-12H2,1-3H3;(H,6,7). The van der Waals surface area contributed by atoms with Crippen LogP contribution in [-0.2, 0) is 24.4 Å². The zero-order valence-electron chi connectivity index (χ0n) is 16.0. The van der Waals surface area contributed by atoms with E-state index in [2.05, 4.69) is 25.9 Å². The predicted molar refractivity (Wildman–Crippen MR) is 95.5 cm³/mol. The Hall–Kier alpha value is -2.58. The Morgan fingerprint density at radius 1 is 1.25 bits per heavy atom. The topological polar surface area (TPSA) is 64.4 Å². The van der Waals surface area contributed by atoms with Crippen LogP contribution >= 0.6 is 0 Å². The number of carbonyl (C=O) groups is 1. The second kappa shape index (κ2) is 10.7. The van der Waals surface area contributed by atoms with Crippen molar-refractivity contribution in [1.29, 1.82) is 0 Å². The van der Waals surface area contributed by atoms with Crippen LogP contribution in [0, 0.1) is 11.7 Å². The number of aliphatic carboxylic acids is 1. The highest BCUT2D eigenvalue weighted by atomic mass is 19.4. The van der Waals surface area contributed by atoms with Crippen molar-refractivity contribution < 1.29 is 32.2 Å². The summed E-state index contributed by atoms with van der Waals surface area (Å²) in [6, 6.07) is 8.39. The molecule has 0 unspecified atom stereocenters. The first-order valence-electron chi connectivity index (χ1n) is 8.77. The normalized spacial score (nSPS) is 11.1. The Morgan fingerprint density at radius 2 is 1.82 bits per heavy atom. The van der Waals surface area contributed by atoms with E-state index >= 15 is 0 Å². The number of aryl methyl sites for hydroxylation is 1. The Morgan fingerprint density at radius 3 is 2.29 bits per heavy atom. The van der Waals surface area contributed by atoms with Gasteiger partial charge in [0.1, 0.15) is 12.4 Å². The zero-order chi connectivity index (χ0) is 21.3. The quantitative estimate of drug-likeness (QED) is 0.671. The number of aromatic nitrogens is 2. The van der Waals surface area contributed by atoms with Crippen LogP contribution in [0.4, 0.5) is 17.6 Å². The lowest BCUT2D eigenvalue weighted by molar-refractivity contribution is -0.192. The van der Waals surface area contributed by atoms with Gasteiger partial charge in [0, 0.05) is 12.6 Å². The average Bonchev–Trinajstić information content (AvgIpc) is 2.95. The summed E-state index contributed by atoms with van der Waals surface area (Å²) in [5.74, 6) is -1.69. The van der Waals surface area contributed by atoms with Gasteiger partial charge >= 0.3 is 12.1 Å². The van der Waals surface area contributed by atoms with E-state index in [-0.39, 0.29) is 5.82 Å². The molecule has 156 valence electrons. The third-order valence-electron chi connectivity index (χ3n) is 3.38. The van der Waals surface area contributed by atoms with Crippen molar-refractivity contribution in [2.45, 2.75) is 52.9 Å². The highest BCUT2D eigenvalue weighted by Crippen LogP contribution is 2.18. The lowest BCUT2D eigenvalue weighted by Gasteiger charge is -2.11. The van der Waals surface area contributed by atoms with Gasteiger partial charge in [-0.1, -0.05) is 39.3 Å². The second-order valence-corrected chi connectivity index (χ2v) is 6.52. The van der Waals surface area contributed by atoms with Gasteiger partial charge in [-0.05, 0) is 30.0 Å². The van der Waals surface area contributed by atoms with Gasteiger partial charge in [0.2, 0.25) is 5.88 Å². The minimum absolute atomic E-state index is 0.228. The maximum atomic E-state index is 12.9. The molecule has 1 heterocycles. The summed E-state index contributed by atoms with van der Waals surface area (Å²) in [6.07, 6.45) is -3.06. The first kappa shape index (κ1) is 23.5. The Bertz CT molecular complexity index is 741. The molecule has 1 N–H and O–H groups in total. The van der Waals surface area contributed by atoms with Gasteiger partial charge in [0.25, 0.3) is 0 Å². The lowest BCUT2D eigenvalue weighted by Crippen LogP contribution is -2.21. The number of nitrogens with zero attached hydrogens (tertiary/aromatic N) is 2. The SMILES string of the molecule is CCCc1cc(OCc2ccc(F)cc2)n(CC(C)C)n1.O=C(O)C(F)(F)F. The number of rotatable bonds is 7. The summed E-state index contributed by atoms with van der Waals surface area (Å²) in [6.45, 7) is 7.72. The van der Waals surface area contributed by atoms with Gasteiger partial charge in [-0.2, -0.15) is 18.3 Å². The molecule has 0 amide bonds. The third-order valence-corrected chi connectivity index (χ3v) is 3.38. The maximum absolute atomic E-state index is 12.9. The summed E-state index contributed by atoms with van der Waals surface area (Å²) in [4.78, 5) is 8.90. The smallest absolute Gasteiger partial charge is 0.475 e. The van der Waals surface area contributed by atoms with Crippen molar-refractivity contribution in [2.75, 3.05) is 0 Å². The van der Waals surface area contributed by atoms with Gasteiger partial charge in [0.05, 0.1) is 5.69 Å². The van der Waals surface area contributed by atoms with Crippen LogP contribution in [0.3, 0.4) is 0 Å². The molecule has 1 aromatic heterocycles. The monoisotopic (exact) mass is 404 g/mol. The lowest BCUT2D eigenvalue weighted by atomic mass is 10.2. The number of carboxylic acid groups (broad SMARTS) is 1. The number of benzene rings is 1. The number of alkyl halides is 3. The molecule has 0 bridgehead atoms. The van der Waals surface area contributed by atoms with E-state index in [0.29, 0.717) is 12.5 Å². The van der Waals surface area contributed by atoms with Gasteiger partial charge in [-0.15, -0.1) is 0 Å². The molecule has 0 fully saturated rings. The fourth-order valence-corrected chi connectivity index (χ4v) is 2.16. The molecule has 2 rings (SSSR count). The summed E-state index contributed by atoms with van der Waals surface area (Å²) < 4.78 is 52.4. The first-order chi connectivity index (χ1) is 13.0. The number of hydrogen-bond donors (Lipinski definition) is 1. The second-order valence-electron chi connectivity index (χ2n) is 6.52. The van der Waals surface area contributed by atoms with Gasteiger partial charge in [0.15, 0.2) is 0 Å². The highest BCUT2D eigenvalue weighted by molar-refractivity contribution is 5.73. The molecular weight excluding hydrogens is 380 g/mol. The van der Waals surface area contributed by atoms with Crippen LogP contribution in [-0.4, -0.2) is 27.0 Å². The number of carboxylic acids is 1. The number of ether oxygens (including phenoxy) is 1. The minimum atomic E-state index is -5.08. The Labute approximate surface area is 160 Å². The molecule has 2 aromatic rings. The molecule has 0 aliphatic heterocycles. The van der Waals surface area contributed by atoms with E-state index in [4.69, 9.17) is 14.6 Å². The zero-order valence-corrected chi connectivity index (χ0v) is 16.0. The first-order valence-corrected chi connectivity index (χ1v) is 8.77. The van der Waals surface area contributed by atoms with Crippen molar-refractivity contribution in [3.63, 3.8) is 0 Å². The van der Waals surface area contributed by atoms with Gasteiger partial charge < -0.3 is 9.84 Å². The maximum Gasteiger partial charge on any atom is 0.490 e. The van der Waals surface area contributed by atoms with Crippen LogP contribution in [0.1, 0.15) is 38.4 Å². The molecule has 0 saturated carbocycles. The van der Waals surface area contributed by atoms with E-state index < -0.39 is 12.1 Å². The summed E-state index contributed by atoms with van der Waals surface area (Å²) in [5, 5.41) is 11.7. The molecule has 0 aliphatic rings. The van der Waals surface area contributed by atoms with Gasteiger partial charge in [-0.25, -0.2) is 13.9 Å². The van der Waals surface area contributed by atoms with E-state index in [0.717, 1.165) is 36.5 Å². The number of halogens is 4. The van der Waals surface area contributed by atoms with Gasteiger partial charge in [-0.3, -0.25) is 0 Å². The highest BCUT2D eigenvalue weighted by Gasteiger charge is 2.38. The van der Waals surface area contributed by atoms with Crippen LogP contribution in [0.15, 0.2) is 30.3 Å². The molecule has 0 spiro atoms. The summed E-state index contributed by atoms with van der Waals surface area (Å²) in [5.41, 5.74) is 2.01. The van der Waals surface area contributed by atoms with E-state index in [1.165, 1.54) is 12.1 Å². The number of hydrogen-bond acceptors (Lipinski definition) is 3. The van der Waals surface area contributed by atoms with Crippen molar-refractivity contribution in [3.05, 3.63) is 47.4 Å². The molecule has 0 aliphatic carbocycles. The summed E-state index contributed by atoms with van der Waals surface area (Å²) in [7, 11) is 0. The predicted octanol–water partition coefficient (Wildman–Crippen LogP) is 4.84. The van der Waals surface area contributed by atoms with E-state index in [9.17, 15) is 17.6 Å².